The lowest BCUT2D eigenvalue weighted by molar-refractivity contribution is 0.0927. The van der Waals surface area contributed by atoms with Crippen LogP contribution < -0.4 is 14.9 Å². The van der Waals surface area contributed by atoms with E-state index in [-0.39, 0.29) is 23.8 Å². The van der Waals surface area contributed by atoms with Crippen LogP contribution in [0.25, 0.3) is 11.2 Å². The number of amides is 1. The molecular formula is C31H43N7O2S. The molecule has 3 heterocycles. The van der Waals surface area contributed by atoms with Crippen LogP contribution in [0.1, 0.15) is 81.0 Å². The number of carbonyl (C=O) groups excluding carboxylic acids is 1. The fourth-order valence-corrected chi connectivity index (χ4v) is 6.87. The molecule has 3 aromatic rings. The van der Waals surface area contributed by atoms with E-state index in [1.807, 2.05) is 6.26 Å². The number of aromatic nitrogens is 4. The topological polar surface area (TPSA) is 97.2 Å². The molecule has 0 radical (unpaired) electrons. The molecule has 2 saturated carbocycles. The number of hydrogen-bond donors (Lipinski definition) is 2. The number of benzene rings is 1. The Morgan fingerprint density at radius 1 is 1.10 bits per heavy atom. The van der Waals surface area contributed by atoms with Gasteiger partial charge in [0.15, 0.2) is 11.5 Å². The number of ether oxygens (including phenoxy) is 1. The van der Waals surface area contributed by atoms with Crippen molar-refractivity contribution in [2.45, 2.75) is 77.4 Å². The number of anilines is 2. The van der Waals surface area contributed by atoms with Crippen LogP contribution in [-0.4, -0.2) is 57.5 Å². The summed E-state index contributed by atoms with van der Waals surface area (Å²) in [5.74, 6) is 3.42. The first kappa shape index (κ1) is 28.3. The van der Waals surface area contributed by atoms with Crippen LogP contribution in [0.2, 0.25) is 0 Å². The number of imidazole rings is 1. The van der Waals surface area contributed by atoms with Crippen molar-refractivity contribution in [1.29, 1.82) is 0 Å². The Morgan fingerprint density at radius 3 is 2.59 bits per heavy atom. The minimum absolute atomic E-state index is 0.0458. The van der Waals surface area contributed by atoms with Gasteiger partial charge in [-0.3, -0.25) is 9.52 Å². The summed E-state index contributed by atoms with van der Waals surface area (Å²) in [5.41, 5.74) is 2.69. The zero-order chi connectivity index (χ0) is 28.3. The van der Waals surface area contributed by atoms with Crippen molar-refractivity contribution in [1.82, 2.24) is 24.2 Å². The molecule has 6 rings (SSSR count). The molecule has 1 aromatic carbocycles. The van der Waals surface area contributed by atoms with E-state index in [4.69, 9.17) is 19.7 Å². The molecule has 0 spiro atoms. The molecule has 2 atom stereocenters. The highest BCUT2D eigenvalue weighted by molar-refractivity contribution is 7.97. The summed E-state index contributed by atoms with van der Waals surface area (Å²) in [7, 11) is 0. The van der Waals surface area contributed by atoms with E-state index in [2.05, 4.69) is 63.7 Å². The standard InChI is InChI=1S/C31H43N7O2S/c1-20-12-14-22(15-13-20)18-38-26-27(32-21(2)23-10-7-11-23)33-29(30(39)36-41-3)34-28(26)35-31(38)37-16-17-40-19-25(37)24-8-5-4-6-9-24/h4-6,8-9,20-23,25H,7,10-19H2,1-3H3,(H,36,39)(H,32,33,34)/t20?,21-,22?,25+/m1/s1. The molecule has 10 heteroatoms. The third-order valence-corrected chi connectivity index (χ3v) is 9.74. The summed E-state index contributed by atoms with van der Waals surface area (Å²) >= 11 is 1.25. The van der Waals surface area contributed by atoms with Crippen LogP contribution >= 0.6 is 11.9 Å². The molecule has 220 valence electrons. The Balaban J connectivity index is 1.48. The van der Waals surface area contributed by atoms with Crippen molar-refractivity contribution in [2.75, 3.05) is 36.2 Å². The lowest BCUT2D eigenvalue weighted by atomic mass is 9.80. The highest BCUT2D eigenvalue weighted by Gasteiger charge is 2.33. The van der Waals surface area contributed by atoms with E-state index in [1.165, 1.54) is 62.5 Å². The Kier molecular flexibility index (Phi) is 8.67. The third-order valence-electron chi connectivity index (χ3n) is 9.35. The molecule has 3 aliphatic rings. The van der Waals surface area contributed by atoms with Gasteiger partial charge in [-0.25, -0.2) is 9.97 Å². The first-order chi connectivity index (χ1) is 20.0. The second kappa shape index (κ2) is 12.6. The van der Waals surface area contributed by atoms with Gasteiger partial charge in [0, 0.05) is 25.4 Å². The van der Waals surface area contributed by atoms with E-state index in [9.17, 15) is 4.79 Å². The molecule has 1 saturated heterocycles. The van der Waals surface area contributed by atoms with Gasteiger partial charge in [0.05, 0.1) is 19.3 Å². The largest absolute Gasteiger partial charge is 0.377 e. The van der Waals surface area contributed by atoms with Gasteiger partial charge in [-0.15, -0.1) is 0 Å². The SMILES string of the molecule is CSNC(=O)c1nc(N[C@H](C)C2CCC2)c2c(n1)nc(N1CCOC[C@H]1c1ccccc1)n2CC1CCC(C)CC1. The summed E-state index contributed by atoms with van der Waals surface area (Å²) < 4.78 is 11.2. The van der Waals surface area contributed by atoms with Crippen molar-refractivity contribution in [3.63, 3.8) is 0 Å². The summed E-state index contributed by atoms with van der Waals surface area (Å²) in [6.07, 6.45) is 10.5. The summed E-state index contributed by atoms with van der Waals surface area (Å²) in [6, 6.07) is 10.8. The van der Waals surface area contributed by atoms with Crippen LogP contribution in [-0.2, 0) is 11.3 Å². The second-order valence-electron chi connectivity index (χ2n) is 12.2. The number of nitrogens with one attached hydrogen (secondary N) is 2. The van der Waals surface area contributed by atoms with E-state index >= 15 is 0 Å². The average molecular weight is 578 g/mol. The van der Waals surface area contributed by atoms with Crippen molar-refractivity contribution in [3.05, 3.63) is 41.7 Å². The van der Waals surface area contributed by atoms with Crippen LogP contribution in [0, 0.1) is 17.8 Å². The van der Waals surface area contributed by atoms with Gasteiger partial charge in [0.2, 0.25) is 11.8 Å². The smallest absolute Gasteiger partial charge is 0.299 e. The second-order valence-corrected chi connectivity index (χ2v) is 12.8. The fourth-order valence-electron chi connectivity index (χ4n) is 6.59. The van der Waals surface area contributed by atoms with Crippen molar-refractivity contribution >= 4 is 40.8 Å². The summed E-state index contributed by atoms with van der Waals surface area (Å²) in [6.45, 7) is 7.44. The van der Waals surface area contributed by atoms with E-state index < -0.39 is 0 Å². The van der Waals surface area contributed by atoms with Gasteiger partial charge in [-0.05, 0) is 55.9 Å². The Morgan fingerprint density at radius 2 is 1.88 bits per heavy atom. The van der Waals surface area contributed by atoms with Gasteiger partial charge in [0.1, 0.15) is 5.52 Å². The molecule has 0 bridgehead atoms. The highest BCUT2D eigenvalue weighted by atomic mass is 32.2. The molecule has 0 unspecified atom stereocenters. The van der Waals surface area contributed by atoms with Crippen LogP contribution in [0.3, 0.4) is 0 Å². The van der Waals surface area contributed by atoms with Gasteiger partial charge in [-0.1, -0.05) is 68.5 Å². The van der Waals surface area contributed by atoms with Crippen molar-refractivity contribution < 1.29 is 9.53 Å². The number of fused-ring (bicyclic) bond motifs is 1. The van der Waals surface area contributed by atoms with Crippen molar-refractivity contribution in [2.24, 2.45) is 17.8 Å². The van der Waals surface area contributed by atoms with Gasteiger partial charge in [-0.2, -0.15) is 4.98 Å². The Hall–Kier alpha value is -2.85. The van der Waals surface area contributed by atoms with E-state index in [0.29, 0.717) is 36.5 Å². The Labute approximate surface area is 247 Å². The predicted octanol–water partition coefficient (Wildman–Crippen LogP) is 5.84. The minimum atomic E-state index is -0.301. The molecule has 2 aliphatic carbocycles. The fraction of sp³-hybridized carbons (Fsp3) is 0.613. The molecule has 3 fully saturated rings. The normalized spacial score (nSPS) is 24.2. The molecule has 2 aromatic heterocycles. The zero-order valence-electron chi connectivity index (χ0n) is 24.5. The zero-order valence-corrected chi connectivity index (χ0v) is 25.3. The first-order valence-electron chi connectivity index (χ1n) is 15.3. The monoisotopic (exact) mass is 577 g/mol. The number of nitrogens with zero attached hydrogens (tertiary/aromatic N) is 5. The third kappa shape index (κ3) is 6.04. The van der Waals surface area contributed by atoms with E-state index in [0.717, 1.165) is 30.5 Å². The highest BCUT2D eigenvalue weighted by Crippen LogP contribution is 2.38. The molecule has 9 nitrogen and oxygen atoms in total. The number of hydrogen-bond acceptors (Lipinski definition) is 8. The summed E-state index contributed by atoms with van der Waals surface area (Å²) in [5, 5.41) is 3.73. The van der Waals surface area contributed by atoms with Crippen LogP contribution in [0.15, 0.2) is 30.3 Å². The number of carbonyl (C=O) groups is 1. The average Bonchev–Trinajstić information content (AvgIpc) is 3.32. The first-order valence-corrected chi connectivity index (χ1v) is 16.5. The maximum absolute atomic E-state index is 13.0. The number of rotatable bonds is 9. The predicted molar refractivity (Wildman–Crippen MR) is 165 cm³/mol. The maximum Gasteiger partial charge on any atom is 0.299 e. The maximum atomic E-state index is 13.0. The molecule has 41 heavy (non-hydrogen) atoms. The van der Waals surface area contributed by atoms with Gasteiger partial charge < -0.3 is 19.5 Å². The molecule has 1 aliphatic heterocycles. The lowest BCUT2D eigenvalue weighted by Crippen LogP contribution is -2.41. The molecule has 1 amide bonds. The van der Waals surface area contributed by atoms with Gasteiger partial charge in [0.25, 0.3) is 5.91 Å². The van der Waals surface area contributed by atoms with E-state index in [1.54, 1.807) is 0 Å². The molecular weight excluding hydrogens is 534 g/mol. The quantitative estimate of drug-likeness (QED) is 0.306. The lowest BCUT2D eigenvalue weighted by Gasteiger charge is -2.37. The summed E-state index contributed by atoms with van der Waals surface area (Å²) in [4.78, 5) is 30.1. The van der Waals surface area contributed by atoms with Crippen molar-refractivity contribution in [3.8, 4) is 0 Å². The molecule has 2 N–H and O–H groups in total. The Bertz CT molecular complexity index is 1340. The van der Waals surface area contributed by atoms with Crippen LogP contribution in [0.4, 0.5) is 11.8 Å². The van der Waals surface area contributed by atoms with Gasteiger partial charge >= 0.3 is 0 Å². The minimum Gasteiger partial charge on any atom is -0.377 e. The van der Waals surface area contributed by atoms with Crippen LogP contribution in [0.5, 0.6) is 0 Å². The number of morpholine rings is 1.